The molecule has 0 aliphatic heterocycles. The zero-order valence-electron chi connectivity index (χ0n) is 12.3. The predicted octanol–water partition coefficient (Wildman–Crippen LogP) is 3.77. The van der Waals surface area contributed by atoms with Crippen LogP contribution in [-0.2, 0) is 5.41 Å². The summed E-state index contributed by atoms with van der Waals surface area (Å²) in [4.78, 5) is 0. The third kappa shape index (κ3) is 3.19. The van der Waals surface area contributed by atoms with Crippen LogP contribution in [0.2, 0.25) is 0 Å². The van der Waals surface area contributed by atoms with E-state index in [1.807, 2.05) is 25.1 Å². The fourth-order valence-corrected chi connectivity index (χ4v) is 3.38. The molecular weight excluding hydrogens is 270 g/mol. The predicted molar refractivity (Wildman–Crippen MR) is 85.5 cm³/mol. The van der Waals surface area contributed by atoms with Crippen molar-refractivity contribution in [3.05, 3.63) is 53.3 Å². The number of halogens is 1. The molecule has 0 aromatic heterocycles. The summed E-state index contributed by atoms with van der Waals surface area (Å²) in [6.45, 7) is 8.20. The van der Waals surface area contributed by atoms with Crippen LogP contribution in [-0.4, -0.2) is 5.11 Å². The van der Waals surface area contributed by atoms with Crippen molar-refractivity contribution in [2.45, 2.75) is 33.1 Å². The van der Waals surface area contributed by atoms with E-state index in [9.17, 15) is 9.50 Å². The molecule has 0 bridgehead atoms. The van der Waals surface area contributed by atoms with Crippen LogP contribution in [0.25, 0.3) is 0 Å². The van der Waals surface area contributed by atoms with Gasteiger partial charge in [-0.2, -0.15) is 0 Å². The fourth-order valence-electron chi connectivity index (χ4n) is 2.15. The summed E-state index contributed by atoms with van der Waals surface area (Å²) in [5, 5.41) is 11.9. The molecule has 0 heterocycles. The average molecular weight is 290 g/mol. The summed E-state index contributed by atoms with van der Waals surface area (Å²) in [6, 6.07) is 10.7. The molecular formula is C17H20FOP. The van der Waals surface area contributed by atoms with E-state index >= 15 is 0 Å². The second kappa shape index (κ2) is 5.54. The molecule has 0 fully saturated rings. The lowest BCUT2D eigenvalue weighted by atomic mass is 9.85. The molecule has 1 unspecified atom stereocenters. The molecule has 0 radical (unpaired) electrons. The van der Waals surface area contributed by atoms with Gasteiger partial charge >= 0.3 is 0 Å². The van der Waals surface area contributed by atoms with E-state index in [-0.39, 0.29) is 19.8 Å². The topological polar surface area (TPSA) is 20.2 Å². The minimum atomic E-state index is -0.218. The summed E-state index contributed by atoms with van der Waals surface area (Å²) < 4.78 is 13.8. The molecule has 0 saturated heterocycles. The second-order valence-corrected chi connectivity index (χ2v) is 7.39. The van der Waals surface area contributed by atoms with Crippen molar-refractivity contribution in [1.29, 1.82) is 0 Å². The molecule has 1 nitrogen and oxygen atoms in total. The van der Waals surface area contributed by atoms with E-state index in [2.05, 4.69) is 20.8 Å². The van der Waals surface area contributed by atoms with Crippen molar-refractivity contribution >= 4 is 19.2 Å². The van der Waals surface area contributed by atoms with E-state index in [0.717, 1.165) is 16.4 Å². The number of aromatic hydroxyl groups is 1. The number of hydrogen-bond donors (Lipinski definition) is 1. The molecule has 0 aliphatic carbocycles. The van der Waals surface area contributed by atoms with Crippen molar-refractivity contribution in [2.24, 2.45) is 0 Å². The Labute approximate surface area is 121 Å². The van der Waals surface area contributed by atoms with Gasteiger partial charge in [0.2, 0.25) is 0 Å². The van der Waals surface area contributed by atoms with Crippen molar-refractivity contribution in [1.82, 2.24) is 0 Å². The molecule has 2 aromatic carbocycles. The Morgan fingerprint density at radius 1 is 1.05 bits per heavy atom. The Kier molecular flexibility index (Phi) is 4.15. The van der Waals surface area contributed by atoms with Crippen molar-refractivity contribution < 1.29 is 9.50 Å². The van der Waals surface area contributed by atoms with Gasteiger partial charge in [0.1, 0.15) is 11.6 Å². The summed E-state index contributed by atoms with van der Waals surface area (Å²) >= 11 is 0. The molecule has 0 aliphatic rings. The zero-order valence-corrected chi connectivity index (χ0v) is 13.3. The van der Waals surface area contributed by atoms with Crippen LogP contribution in [0.15, 0.2) is 36.4 Å². The Hall–Kier alpha value is -1.40. The van der Waals surface area contributed by atoms with E-state index in [4.69, 9.17) is 0 Å². The molecule has 2 rings (SSSR count). The van der Waals surface area contributed by atoms with Gasteiger partial charge in [0, 0.05) is 16.2 Å². The van der Waals surface area contributed by atoms with Crippen LogP contribution < -0.4 is 10.6 Å². The van der Waals surface area contributed by atoms with Gasteiger partial charge in [-0.1, -0.05) is 53.6 Å². The second-order valence-electron chi connectivity index (χ2n) is 6.06. The number of phenols is 1. The minimum Gasteiger partial charge on any atom is -0.507 e. The third-order valence-electron chi connectivity index (χ3n) is 3.21. The third-order valence-corrected chi connectivity index (χ3v) is 4.53. The fraction of sp³-hybridized carbons (Fsp3) is 0.294. The smallest absolute Gasteiger partial charge is 0.130 e. The van der Waals surface area contributed by atoms with Crippen LogP contribution in [0, 0.1) is 12.7 Å². The van der Waals surface area contributed by atoms with Crippen LogP contribution in [0.4, 0.5) is 4.39 Å². The van der Waals surface area contributed by atoms with E-state index in [0.29, 0.717) is 11.1 Å². The average Bonchev–Trinajstić information content (AvgIpc) is 2.34. The number of aryl methyl sites for hydroxylation is 1. The largest absolute Gasteiger partial charge is 0.507 e. The highest BCUT2D eigenvalue weighted by Gasteiger charge is 2.21. The highest BCUT2D eigenvalue weighted by molar-refractivity contribution is 7.55. The Morgan fingerprint density at radius 3 is 2.30 bits per heavy atom. The maximum Gasteiger partial charge on any atom is 0.130 e. The molecule has 106 valence electrons. The minimum absolute atomic E-state index is 0.121. The van der Waals surface area contributed by atoms with E-state index in [1.165, 1.54) is 6.07 Å². The van der Waals surface area contributed by atoms with E-state index < -0.39 is 0 Å². The number of rotatable bonds is 2. The van der Waals surface area contributed by atoms with Gasteiger partial charge in [-0.25, -0.2) is 4.39 Å². The summed E-state index contributed by atoms with van der Waals surface area (Å²) in [5.74, 6) is 0.0775. The molecule has 2 aromatic rings. The van der Waals surface area contributed by atoms with Crippen molar-refractivity contribution in [3.8, 4) is 5.75 Å². The maximum absolute atomic E-state index is 13.8. The lowest BCUT2D eigenvalue weighted by molar-refractivity contribution is 0.450. The van der Waals surface area contributed by atoms with E-state index in [1.54, 1.807) is 12.1 Å². The summed E-state index contributed by atoms with van der Waals surface area (Å²) in [6.07, 6.45) is 0. The molecule has 0 saturated carbocycles. The lowest BCUT2D eigenvalue weighted by Crippen LogP contribution is -2.16. The quantitative estimate of drug-likeness (QED) is 0.835. The molecule has 3 heteroatoms. The van der Waals surface area contributed by atoms with Gasteiger partial charge < -0.3 is 5.11 Å². The monoisotopic (exact) mass is 290 g/mol. The first-order valence-electron chi connectivity index (χ1n) is 6.64. The highest BCUT2D eigenvalue weighted by Crippen LogP contribution is 2.33. The molecule has 20 heavy (non-hydrogen) atoms. The molecule has 1 atom stereocenters. The SMILES string of the molecule is Cc1cc(Pc2ccccc2F)c(O)c(C(C)(C)C)c1. The van der Waals surface area contributed by atoms with Gasteiger partial charge in [0.25, 0.3) is 0 Å². The van der Waals surface area contributed by atoms with Crippen LogP contribution >= 0.6 is 8.58 Å². The Morgan fingerprint density at radius 2 is 1.70 bits per heavy atom. The lowest BCUT2D eigenvalue weighted by Gasteiger charge is -2.23. The van der Waals surface area contributed by atoms with Crippen molar-refractivity contribution in [2.75, 3.05) is 0 Å². The number of benzene rings is 2. The van der Waals surface area contributed by atoms with Crippen molar-refractivity contribution in [3.63, 3.8) is 0 Å². The standard InChI is InChI=1S/C17H20FOP/c1-11-9-12(17(2,3)4)16(19)15(10-11)20-14-8-6-5-7-13(14)18/h5-10,19-20H,1-4H3. The molecule has 0 amide bonds. The van der Waals surface area contributed by atoms with Crippen LogP contribution in [0.1, 0.15) is 31.9 Å². The highest BCUT2D eigenvalue weighted by atomic mass is 31.1. The number of phenolic OH excluding ortho intramolecular Hbond substituents is 1. The first-order valence-corrected chi connectivity index (χ1v) is 7.64. The maximum atomic E-state index is 13.8. The zero-order chi connectivity index (χ0) is 14.9. The van der Waals surface area contributed by atoms with Gasteiger partial charge in [-0.05, 0) is 30.0 Å². The van der Waals surface area contributed by atoms with Gasteiger partial charge in [0.05, 0.1) is 0 Å². The van der Waals surface area contributed by atoms with Crippen LogP contribution in [0.3, 0.4) is 0 Å². The summed E-state index contributed by atoms with van der Waals surface area (Å²) in [5.41, 5.74) is 1.87. The summed E-state index contributed by atoms with van der Waals surface area (Å²) in [7, 11) is 0.121. The molecule has 1 N–H and O–H groups in total. The Bertz CT molecular complexity index is 629. The normalized spacial score (nSPS) is 12.2. The number of hydrogen-bond acceptors (Lipinski definition) is 1. The first kappa shape index (κ1) is 15.0. The molecule has 0 spiro atoms. The van der Waals surface area contributed by atoms with Gasteiger partial charge in [0.15, 0.2) is 0 Å². The first-order chi connectivity index (χ1) is 9.29. The van der Waals surface area contributed by atoms with Gasteiger partial charge in [-0.15, -0.1) is 0 Å². The van der Waals surface area contributed by atoms with Crippen LogP contribution in [0.5, 0.6) is 5.75 Å². The Balaban J connectivity index is 2.48. The van der Waals surface area contributed by atoms with Gasteiger partial charge in [-0.3, -0.25) is 0 Å².